The van der Waals surface area contributed by atoms with Crippen molar-refractivity contribution in [3.05, 3.63) is 80.6 Å². The van der Waals surface area contributed by atoms with Crippen molar-refractivity contribution in [1.82, 2.24) is 29.9 Å². The summed E-state index contributed by atoms with van der Waals surface area (Å²) in [6.45, 7) is 3.74. The fourth-order valence-corrected chi connectivity index (χ4v) is 2.84. The van der Waals surface area contributed by atoms with Crippen LogP contribution in [0.25, 0.3) is 23.0 Å². The van der Waals surface area contributed by atoms with Crippen molar-refractivity contribution < 1.29 is 5.11 Å². The van der Waals surface area contributed by atoms with E-state index in [9.17, 15) is 4.79 Å². The predicted octanol–water partition coefficient (Wildman–Crippen LogP) is 4.00. The number of hydrogen-bond acceptors (Lipinski definition) is 7. The molecule has 4 aromatic heterocycles. The monoisotopic (exact) mass is 442 g/mol. The molecule has 0 saturated carbocycles. The van der Waals surface area contributed by atoms with Crippen LogP contribution in [0.5, 0.6) is 5.88 Å². The van der Waals surface area contributed by atoms with Gasteiger partial charge in [-0.1, -0.05) is 35.3 Å². The molecule has 0 unspecified atom stereocenters. The van der Waals surface area contributed by atoms with E-state index in [0.717, 1.165) is 17.5 Å². The van der Waals surface area contributed by atoms with E-state index in [1.165, 1.54) is 6.07 Å². The summed E-state index contributed by atoms with van der Waals surface area (Å²) in [6.07, 6.45) is 0. The van der Waals surface area contributed by atoms with E-state index in [-0.39, 0.29) is 11.7 Å². The van der Waals surface area contributed by atoms with E-state index in [4.69, 9.17) is 28.3 Å². The highest BCUT2D eigenvalue weighted by Crippen LogP contribution is 2.18. The van der Waals surface area contributed by atoms with Crippen molar-refractivity contribution in [3.63, 3.8) is 0 Å². The zero-order valence-corrected chi connectivity index (χ0v) is 17.5. The number of aromatic nitrogens is 6. The van der Waals surface area contributed by atoms with Gasteiger partial charge in [0.2, 0.25) is 5.88 Å². The van der Waals surface area contributed by atoms with Gasteiger partial charge in [-0.15, -0.1) is 0 Å². The van der Waals surface area contributed by atoms with Crippen LogP contribution >= 0.6 is 23.2 Å². The predicted molar refractivity (Wildman–Crippen MR) is 115 cm³/mol. The first kappa shape index (κ1) is 21.4. The second-order valence-corrected chi connectivity index (χ2v) is 6.89. The van der Waals surface area contributed by atoms with E-state index in [2.05, 4.69) is 29.9 Å². The largest absolute Gasteiger partial charge is 0.493 e. The van der Waals surface area contributed by atoms with Gasteiger partial charge in [0, 0.05) is 17.5 Å². The van der Waals surface area contributed by atoms with Crippen LogP contribution in [-0.4, -0.2) is 35.0 Å². The normalized spacial score (nSPS) is 10.3. The second-order valence-electron chi connectivity index (χ2n) is 6.12. The Labute approximate surface area is 181 Å². The number of aromatic hydroxyl groups is 1. The molecular formula is C20H16Cl2N6O2. The molecule has 30 heavy (non-hydrogen) atoms. The number of aryl methyl sites for hydroxylation is 2. The summed E-state index contributed by atoms with van der Waals surface area (Å²) in [5, 5.41) is 9.79. The Kier molecular flexibility index (Phi) is 6.71. The molecule has 4 rings (SSSR count). The Morgan fingerprint density at radius 2 is 1.37 bits per heavy atom. The highest BCUT2D eigenvalue weighted by molar-refractivity contribution is 6.33. The Bertz CT molecular complexity index is 1230. The number of H-pyrrole nitrogens is 1. The molecule has 0 amide bonds. The molecule has 0 aliphatic heterocycles. The highest BCUT2D eigenvalue weighted by Gasteiger charge is 2.06. The molecule has 0 aromatic carbocycles. The Hall–Kier alpha value is -3.36. The number of rotatable bonds is 2. The summed E-state index contributed by atoms with van der Waals surface area (Å²) >= 11 is 11.6. The Balaban J connectivity index is 0.000000171. The van der Waals surface area contributed by atoms with Crippen LogP contribution in [0.3, 0.4) is 0 Å². The zero-order valence-electron chi connectivity index (χ0n) is 16.0. The van der Waals surface area contributed by atoms with Gasteiger partial charge in [0.05, 0.1) is 6.07 Å². The van der Waals surface area contributed by atoms with Crippen molar-refractivity contribution in [2.45, 2.75) is 13.8 Å². The lowest BCUT2D eigenvalue weighted by atomic mass is 10.3. The first-order valence-corrected chi connectivity index (χ1v) is 9.44. The molecule has 10 heteroatoms. The molecule has 0 fully saturated rings. The maximum absolute atomic E-state index is 11.1. The first-order valence-electron chi connectivity index (χ1n) is 8.68. The average molecular weight is 443 g/mol. The van der Waals surface area contributed by atoms with Crippen LogP contribution in [0.2, 0.25) is 10.3 Å². The van der Waals surface area contributed by atoms with Crippen LogP contribution < -0.4 is 5.56 Å². The van der Waals surface area contributed by atoms with Crippen molar-refractivity contribution in [2.24, 2.45) is 0 Å². The first-order chi connectivity index (χ1) is 14.3. The van der Waals surface area contributed by atoms with Crippen LogP contribution in [0.1, 0.15) is 11.4 Å². The van der Waals surface area contributed by atoms with Gasteiger partial charge in [-0.25, -0.2) is 19.9 Å². The molecule has 0 atom stereocenters. The van der Waals surface area contributed by atoms with Gasteiger partial charge < -0.3 is 10.1 Å². The molecule has 8 nitrogen and oxygen atoms in total. The minimum Gasteiger partial charge on any atom is -0.493 e. The van der Waals surface area contributed by atoms with Crippen molar-refractivity contribution >= 4 is 23.2 Å². The summed E-state index contributed by atoms with van der Waals surface area (Å²) < 4.78 is 0. The molecule has 0 radical (unpaired) electrons. The van der Waals surface area contributed by atoms with Gasteiger partial charge in [-0.2, -0.15) is 4.98 Å². The fourth-order valence-electron chi connectivity index (χ4n) is 2.41. The lowest BCUT2D eigenvalue weighted by Crippen LogP contribution is -2.07. The minimum absolute atomic E-state index is 0.267. The van der Waals surface area contributed by atoms with Crippen LogP contribution in [0.4, 0.5) is 0 Å². The maximum Gasteiger partial charge on any atom is 0.255 e. The molecule has 4 aromatic rings. The molecule has 0 spiro atoms. The van der Waals surface area contributed by atoms with Gasteiger partial charge >= 0.3 is 0 Å². The summed E-state index contributed by atoms with van der Waals surface area (Å²) in [4.78, 5) is 33.9. The average Bonchev–Trinajstić information content (AvgIpc) is 2.67. The SMILES string of the molecule is Cc1cccc(-c2nc(Cl)cc(Cl)n2)n1.Cc1cccc(-c2nc(O)cc(=O)[nH]2)n1. The van der Waals surface area contributed by atoms with Crippen LogP contribution in [-0.2, 0) is 0 Å². The molecular weight excluding hydrogens is 427 g/mol. The summed E-state index contributed by atoms with van der Waals surface area (Å²) in [7, 11) is 0. The Morgan fingerprint density at radius 1 is 0.800 bits per heavy atom. The molecule has 152 valence electrons. The lowest BCUT2D eigenvalue weighted by molar-refractivity contribution is 0.452. The summed E-state index contributed by atoms with van der Waals surface area (Å²) in [6, 6.07) is 13.5. The van der Waals surface area contributed by atoms with E-state index in [1.807, 2.05) is 44.2 Å². The van der Waals surface area contributed by atoms with Gasteiger partial charge in [-0.3, -0.25) is 4.79 Å². The van der Waals surface area contributed by atoms with Crippen LogP contribution in [0, 0.1) is 13.8 Å². The summed E-state index contributed by atoms with van der Waals surface area (Å²) in [5.74, 6) is 0.400. The smallest absolute Gasteiger partial charge is 0.255 e. The topological polar surface area (TPSA) is 118 Å². The maximum atomic E-state index is 11.1. The summed E-state index contributed by atoms with van der Waals surface area (Å²) in [5.41, 5.74) is 2.51. The highest BCUT2D eigenvalue weighted by atomic mass is 35.5. The number of pyridine rings is 2. The number of aromatic amines is 1. The number of hydrogen-bond donors (Lipinski definition) is 2. The minimum atomic E-state index is -0.402. The van der Waals surface area contributed by atoms with Crippen molar-refractivity contribution in [2.75, 3.05) is 0 Å². The fraction of sp³-hybridized carbons (Fsp3) is 0.100. The molecule has 0 aliphatic rings. The van der Waals surface area contributed by atoms with E-state index >= 15 is 0 Å². The van der Waals surface area contributed by atoms with Gasteiger partial charge in [0.1, 0.15) is 21.7 Å². The van der Waals surface area contributed by atoms with Crippen LogP contribution in [0.15, 0.2) is 53.3 Å². The quantitative estimate of drug-likeness (QED) is 0.450. The van der Waals surface area contributed by atoms with Gasteiger partial charge in [0.15, 0.2) is 11.6 Å². The standard InChI is InChI=1S/C10H7Cl2N3.C10H9N3O2/c1-6-3-2-4-7(13-6)10-14-8(11)5-9(12)15-10;1-6-3-2-4-7(11-6)10-12-8(14)5-9(15)13-10/h2-5H,1H3;2-5H,1H3,(H2,12,13,14,15). The second kappa shape index (κ2) is 9.43. The third kappa shape index (κ3) is 5.82. The van der Waals surface area contributed by atoms with E-state index in [0.29, 0.717) is 27.5 Å². The third-order valence-electron chi connectivity index (χ3n) is 3.64. The number of nitrogens with one attached hydrogen (secondary N) is 1. The van der Waals surface area contributed by atoms with Crippen molar-refractivity contribution in [1.29, 1.82) is 0 Å². The Morgan fingerprint density at radius 3 is 1.93 bits per heavy atom. The molecule has 0 saturated heterocycles. The van der Waals surface area contributed by atoms with E-state index in [1.54, 1.807) is 6.07 Å². The molecule has 4 heterocycles. The molecule has 0 aliphatic carbocycles. The number of nitrogens with zero attached hydrogens (tertiary/aromatic N) is 5. The zero-order chi connectivity index (χ0) is 21.7. The van der Waals surface area contributed by atoms with Gasteiger partial charge in [0.25, 0.3) is 5.56 Å². The van der Waals surface area contributed by atoms with Crippen molar-refractivity contribution in [3.8, 4) is 28.9 Å². The lowest BCUT2D eigenvalue weighted by Gasteiger charge is -2.01. The molecule has 2 N–H and O–H groups in total. The number of halogens is 2. The molecule has 0 bridgehead atoms. The van der Waals surface area contributed by atoms with Gasteiger partial charge in [-0.05, 0) is 38.1 Å². The van der Waals surface area contributed by atoms with E-state index < -0.39 is 5.56 Å². The third-order valence-corrected chi connectivity index (χ3v) is 4.03.